The van der Waals surface area contributed by atoms with Gasteiger partial charge in [0, 0.05) is 25.7 Å². The van der Waals surface area contributed by atoms with E-state index in [1.165, 1.54) is 19.4 Å². The summed E-state index contributed by atoms with van der Waals surface area (Å²) in [6.45, 7) is 6.35. The highest BCUT2D eigenvalue weighted by Gasteiger charge is 2.28. The topological polar surface area (TPSA) is 97.4 Å². The summed E-state index contributed by atoms with van der Waals surface area (Å²) in [6, 6.07) is 0.227. The Morgan fingerprint density at radius 2 is 2.12 bits per heavy atom. The fourth-order valence-electron chi connectivity index (χ4n) is 3.27. The van der Waals surface area contributed by atoms with Crippen molar-refractivity contribution in [3.8, 4) is 0 Å². The van der Waals surface area contributed by atoms with Gasteiger partial charge >= 0.3 is 5.95 Å². The molecule has 2 aliphatic rings. The number of nitrogens with one attached hydrogen (secondary N) is 3. The summed E-state index contributed by atoms with van der Waals surface area (Å²) in [4.78, 5) is 22.3. The number of unbranched alkanes of at least 4 members (excludes halogenated alkanes) is 1. The van der Waals surface area contributed by atoms with Crippen molar-refractivity contribution < 1.29 is 9.78 Å². The summed E-state index contributed by atoms with van der Waals surface area (Å²) in [5.41, 5.74) is 6.39. The van der Waals surface area contributed by atoms with Gasteiger partial charge in [-0.3, -0.25) is 10.1 Å². The highest BCUT2D eigenvalue weighted by molar-refractivity contribution is 5.98. The van der Waals surface area contributed by atoms with Crippen molar-refractivity contribution in [2.24, 2.45) is 5.92 Å². The predicted octanol–water partition coefficient (Wildman–Crippen LogP) is 1.29. The average Bonchev–Trinajstić information content (AvgIpc) is 3.41. The van der Waals surface area contributed by atoms with E-state index in [1.807, 2.05) is 0 Å². The third-order valence-corrected chi connectivity index (χ3v) is 5.06. The highest BCUT2D eigenvalue weighted by atomic mass is 16.1. The van der Waals surface area contributed by atoms with Crippen LogP contribution in [0.3, 0.4) is 0 Å². The summed E-state index contributed by atoms with van der Waals surface area (Å²) in [5.74, 6) is 1.66. The number of nitrogens with two attached hydrogens (primary N) is 1. The van der Waals surface area contributed by atoms with Crippen LogP contribution in [0.2, 0.25) is 0 Å². The number of amides is 1. The first-order chi connectivity index (χ1) is 12.2. The number of likely N-dealkylation sites (tertiary alicyclic amines) is 1. The van der Waals surface area contributed by atoms with Gasteiger partial charge in [-0.15, -0.1) is 0 Å². The Balaban J connectivity index is 1.47. The van der Waals surface area contributed by atoms with Gasteiger partial charge in [-0.05, 0) is 38.0 Å². The van der Waals surface area contributed by atoms with Crippen LogP contribution in [0, 0.1) is 5.92 Å². The van der Waals surface area contributed by atoms with Crippen molar-refractivity contribution in [2.75, 3.05) is 37.2 Å². The lowest BCUT2D eigenvalue weighted by Crippen LogP contribution is -2.45. The lowest BCUT2D eigenvalue weighted by atomic mass is 10.0. The van der Waals surface area contributed by atoms with Crippen LogP contribution in [0.5, 0.6) is 0 Å². The summed E-state index contributed by atoms with van der Waals surface area (Å²) in [5, 5.41) is 6.29. The van der Waals surface area contributed by atoms with E-state index in [-0.39, 0.29) is 17.8 Å². The summed E-state index contributed by atoms with van der Waals surface area (Å²) in [7, 11) is 0. The van der Waals surface area contributed by atoms with E-state index in [0.717, 1.165) is 51.2 Å². The van der Waals surface area contributed by atoms with E-state index in [2.05, 4.69) is 32.4 Å². The number of carbonyl (C=O) groups excluding carboxylic acids is 1. The number of piperidine rings is 1. The van der Waals surface area contributed by atoms with Crippen LogP contribution in [0.25, 0.3) is 0 Å². The Kier molecular flexibility index (Phi) is 6.07. The normalized spacial score (nSPS) is 18.9. The molecular weight excluding hydrogens is 316 g/mol. The van der Waals surface area contributed by atoms with E-state index in [0.29, 0.717) is 11.5 Å². The van der Waals surface area contributed by atoms with Crippen LogP contribution >= 0.6 is 0 Å². The molecule has 1 aliphatic heterocycles. The van der Waals surface area contributed by atoms with Crippen LogP contribution in [0.15, 0.2) is 6.20 Å². The largest absolute Gasteiger partial charge is 0.391 e. The van der Waals surface area contributed by atoms with Crippen LogP contribution in [0.4, 0.5) is 11.8 Å². The van der Waals surface area contributed by atoms with Gasteiger partial charge in [0.05, 0.1) is 12.7 Å². The first-order valence-corrected chi connectivity index (χ1v) is 9.61. The number of nitrogen functional groups attached to an aromatic ring is 1. The minimum Gasteiger partial charge on any atom is -0.369 e. The molecule has 25 heavy (non-hydrogen) atoms. The minimum absolute atomic E-state index is 0.137. The van der Waals surface area contributed by atoms with Gasteiger partial charge in [-0.2, -0.15) is 0 Å². The molecule has 0 radical (unpaired) electrons. The Morgan fingerprint density at radius 3 is 2.76 bits per heavy atom. The third kappa shape index (κ3) is 5.29. The molecule has 0 bridgehead atoms. The number of H-pyrrole nitrogens is 1. The molecule has 0 atom stereocenters. The summed E-state index contributed by atoms with van der Waals surface area (Å²) >= 11 is 0. The number of aromatic amines is 1. The van der Waals surface area contributed by atoms with E-state index < -0.39 is 0 Å². The van der Waals surface area contributed by atoms with Crippen molar-refractivity contribution in [3.05, 3.63) is 11.8 Å². The maximum absolute atomic E-state index is 12.5. The molecule has 0 aromatic carbocycles. The molecule has 2 fully saturated rings. The van der Waals surface area contributed by atoms with Crippen molar-refractivity contribution in [2.45, 2.75) is 51.5 Å². The quantitative estimate of drug-likeness (QED) is 0.616. The monoisotopic (exact) mass is 347 g/mol. The Labute approximate surface area is 149 Å². The second kappa shape index (κ2) is 8.47. The molecule has 0 unspecified atom stereocenters. The molecule has 5 N–H and O–H groups in total. The molecule has 7 nitrogen and oxygen atoms in total. The second-order valence-corrected chi connectivity index (χ2v) is 7.32. The molecule has 3 rings (SSSR count). The van der Waals surface area contributed by atoms with Crippen molar-refractivity contribution in [3.63, 3.8) is 0 Å². The van der Waals surface area contributed by atoms with Gasteiger partial charge in [-0.1, -0.05) is 18.3 Å². The van der Waals surface area contributed by atoms with Gasteiger partial charge in [0.1, 0.15) is 5.56 Å². The molecule has 138 valence electrons. The number of hydrogen-bond acceptors (Lipinski definition) is 5. The number of rotatable bonds is 8. The van der Waals surface area contributed by atoms with E-state index in [9.17, 15) is 4.79 Å². The smallest absolute Gasteiger partial charge is 0.369 e. The number of nitrogens with zero attached hydrogens (tertiary/aromatic N) is 2. The molecule has 1 aliphatic carbocycles. The standard InChI is InChI=1S/C18H30N6O/c1-2-3-8-20-18-21-11-15(16(19)23-18)17(25)22-14-6-9-24(10-7-14)12-13-4-5-13/h11,13-14H,2-10,12H2,1H3,(H,22,25)(H3,19,20,21,23)/p+1. The summed E-state index contributed by atoms with van der Waals surface area (Å²) < 4.78 is 0. The third-order valence-electron chi connectivity index (χ3n) is 5.06. The number of hydrogen-bond donors (Lipinski definition) is 3. The molecule has 1 aromatic rings. The van der Waals surface area contributed by atoms with E-state index >= 15 is 0 Å². The zero-order chi connectivity index (χ0) is 17.6. The highest BCUT2D eigenvalue weighted by Crippen LogP contribution is 2.30. The second-order valence-electron chi connectivity index (χ2n) is 7.32. The van der Waals surface area contributed by atoms with Gasteiger partial charge in [0.25, 0.3) is 5.91 Å². The van der Waals surface area contributed by atoms with E-state index in [4.69, 9.17) is 5.73 Å². The molecule has 1 saturated carbocycles. The van der Waals surface area contributed by atoms with Crippen LogP contribution in [-0.2, 0) is 0 Å². The Hall–Kier alpha value is -1.89. The molecule has 0 spiro atoms. The fourth-order valence-corrected chi connectivity index (χ4v) is 3.27. The lowest BCUT2D eigenvalue weighted by molar-refractivity contribution is -0.365. The van der Waals surface area contributed by atoms with Crippen molar-refractivity contribution >= 4 is 17.7 Å². The molecule has 7 heteroatoms. The lowest BCUT2D eigenvalue weighted by Gasteiger charge is -2.32. The number of anilines is 2. The maximum Gasteiger partial charge on any atom is 0.391 e. The van der Waals surface area contributed by atoms with Gasteiger partial charge < -0.3 is 16.0 Å². The predicted molar refractivity (Wildman–Crippen MR) is 98.3 cm³/mol. The summed E-state index contributed by atoms with van der Waals surface area (Å²) in [6.07, 6.45) is 8.62. The first-order valence-electron chi connectivity index (χ1n) is 9.61. The average molecular weight is 347 g/mol. The maximum atomic E-state index is 12.5. The zero-order valence-corrected chi connectivity index (χ0v) is 15.2. The molecule has 1 aromatic heterocycles. The molecule has 1 amide bonds. The number of aromatic nitrogens is 2. The SMILES string of the molecule is CCCCNc1nc(N)c(C(=O)NC2CCN(CC3CC3)CC2)c[nH+]1. The number of carbonyl (C=O) groups is 1. The Bertz CT molecular complexity index is 581. The van der Waals surface area contributed by atoms with Gasteiger partial charge in [0.15, 0.2) is 0 Å². The van der Waals surface area contributed by atoms with Crippen molar-refractivity contribution in [1.29, 1.82) is 0 Å². The van der Waals surface area contributed by atoms with Crippen LogP contribution < -0.4 is 21.4 Å². The molecular formula is C18H31N6O+. The van der Waals surface area contributed by atoms with Gasteiger partial charge in [0.2, 0.25) is 5.82 Å². The van der Waals surface area contributed by atoms with E-state index in [1.54, 1.807) is 6.20 Å². The van der Waals surface area contributed by atoms with Crippen molar-refractivity contribution in [1.82, 2.24) is 15.2 Å². The first kappa shape index (κ1) is 17.9. The molecule has 1 saturated heterocycles. The minimum atomic E-state index is -0.137. The van der Waals surface area contributed by atoms with Crippen LogP contribution in [-0.4, -0.2) is 48.0 Å². The van der Waals surface area contributed by atoms with Gasteiger partial charge in [-0.25, -0.2) is 4.98 Å². The fraction of sp³-hybridized carbons (Fsp3) is 0.722. The zero-order valence-electron chi connectivity index (χ0n) is 15.2. The Morgan fingerprint density at radius 1 is 1.36 bits per heavy atom. The van der Waals surface area contributed by atoms with Crippen LogP contribution in [0.1, 0.15) is 55.8 Å². The molecule has 2 heterocycles.